The van der Waals surface area contributed by atoms with Crippen LogP contribution in [0.25, 0.3) is 0 Å². The summed E-state index contributed by atoms with van der Waals surface area (Å²) in [7, 11) is 1.51. The first-order chi connectivity index (χ1) is 23.2. The van der Waals surface area contributed by atoms with Crippen molar-refractivity contribution >= 4 is 39.6 Å². The van der Waals surface area contributed by atoms with Gasteiger partial charge in [0.05, 0.1) is 30.6 Å². The van der Waals surface area contributed by atoms with E-state index >= 15 is 0 Å². The van der Waals surface area contributed by atoms with E-state index in [1.165, 1.54) is 7.11 Å². The second-order valence-corrected chi connectivity index (χ2v) is 14.0. The zero-order valence-electron chi connectivity index (χ0n) is 28.1. The first kappa shape index (κ1) is 37.8. The Labute approximate surface area is 292 Å². The van der Waals surface area contributed by atoms with Crippen LogP contribution in [0.1, 0.15) is 63.5 Å². The van der Waals surface area contributed by atoms with E-state index in [9.17, 15) is 24.3 Å². The minimum Gasteiger partial charge on any atom is -0.455 e. The zero-order valence-corrected chi connectivity index (χ0v) is 29.6. The number of alkyl halides is 1. The maximum absolute atomic E-state index is 14.4. The molecule has 0 aliphatic carbocycles. The Morgan fingerprint density at radius 2 is 1.96 bits per heavy atom. The molecule has 2 N–H and O–H groups in total. The quantitative estimate of drug-likeness (QED) is 0.0898. The van der Waals surface area contributed by atoms with Crippen molar-refractivity contribution < 1.29 is 38.5 Å². The van der Waals surface area contributed by atoms with Crippen molar-refractivity contribution in [3.05, 3.63) is 61.2 Å². The molecule has 12 heteroatoms. The Morgan fingerprint density at radius 3 is 2.60 bits per heavy atom. The number of likely N-dealkylation sites (tertiary alicyclic amines) is 1. The summed E-state index contributed by atoms with van der Waals surface area (Å²) in [6.07, 6.45) is 5.38. The Morgan fingerprint density at radius 1 is 1.21 bits per heavy atom. The SMILES string of the molecule is C=CCCC(=O)N[C@@H](COC)[C@@H](OC(=O)[C@H]1[C@@H]2O[C@@]3(CC2Br)[C@@H]1C(=O)N(CCCCO)[C@@H]3C(=O)N(CC=C)CCCC)c1ccccc1. The standard InChI is InChI=1S/C36H50BrN3O8/c1-5-8-17-27(42)38-26(23-46-4)30(24-15-11-10-12-16-24)47-35(45)28-29-33(43)40(20-13-14-21-41)32(36(29)22-25(37)31(28)48-36)34(44)39(18-7-3)19-9-6-2/h5,7,10-12,15-16,25-26,28-32,41H,1,3,6,8-9,13-14,17-23H2,2,4H3,(H,38,42)/t25?,26-,28+,29-,30-,31+,32+,36-/m0/s1. The summed E-state index contributed by atoms with van der Waals surface area (Å²) in [6.45, 7) is 10.7. The number of allylic oxidation sites excluding steroid dienone is 1. The Balaban J connectivity index is 1.70. The van der Waals surface area contributed by atoms with Gasteiger partial charge in [0.15, 0.2) is 0 Å². The van der Waals surface area contributed by atoms with E-state index in [0.717, 1.165) is 12.8 Å². The predicted molar refractivity (Wildman–Crippen MR) is 184 cm³/mol. The van der Waals surface area contributed by atoms with Crippen LogP contribution < -0.4 is 5.32 Å². The highest BCUT2D eigenvalue weighted by atomic mass is 79.9. The molecule has 3 fully saturated rings. The maximum atomic E-state index is 14.4. The number of methoxy groups -OCH3 is 1. The molecule has 0 aromatic heterocycles. The van der Waals surface area contributed by atoms with Crippen LogP contribution in [0.4, 0.5) is 0 Å². The molecule has 3 aliphatic rings. The fourth-order valence-electron chi connectivity index (χ4n) is 7.41. The second kappa shape index (κ2) is 17.6. The highest BCUT2D eigenvalue weighted by Gasteiger charge is 2.77. The van der Waals surface area contributed by atoms with Crippen LogP contribution in [0.15, 0.2) is 55.6 Å². The molecule has 4 rings (SSSR count). The number of rotatable bonds is 20. The summed E-state index contributed by atoms with van der Waals surface area (Å²) in [6, 6.07) is 7.44. The van der Waals surface area contributed by atoms with Crippen LogP contribution >= 0.6 is 15.9 Å². The summed E-state index contributed by atoms with van der Waals surface area (Å²) in [5, 5.41) is 12.4. The van der Waals surface area contributed by atoms with Crippen molar-refractivity contribution in [1.82, 2.24) is 15.1 Å². The van der Waals surface area contributed by atoms with Gasteiger partial charge in [-0.25, -0.2) is 0 Å². The van der Waals surface area contributed by atoms with Crippen molar-refractivity contribution in [2.24, 2.45) is 11.8 Å². The third-order valence-electron chi connectivity index (χ3n) is 9.55. The van der Waals surface area contributed by atoms with Gasteiger partial charge < -0.3 is 34.4 Å². The van der Waals surface area contributed by atoms with E-state index in [0.29, 0.717) is 44.3 Å². The number of halogens is 1. The first-order valence-corrected chi connectivity index (χ1v) is 17.9. The van der Waals surface area contributed by atoms with Crippen molar-refractivity contribution in [1.29, 1.82) is 0 Å². The number of carbonyl (C=O) groups is 4. The van der Waals surface area contributed by atoms with Gasteiger partial charge in [-0.15, -0.1) is 13.2 Å². The number of hydrogen-bond acceptors (Lipinski definition) is 8. The van der Waals surface area contributed by atoms with E-state index < -0.39 is 47.7 Å². The molecular formula is C36H50BrN3O8. The Bertz CT molecular complexity index is 1300. The van der Waals surface area contributed by atoms with E-state index in [1.807, 2.05) is 37.3 Å². The van der Waals surface area contributed by atoms with Gasteiger partial charge >= 0.3 is 5.97 Å². The van der Waals surface area contributed by atoms with Gasteiger partial charge in [0.1, 0.15) is 17.7 Å². The third-order valence-corrected chi connectivity index (χ3v) is 10.4. The van der Waals surface area contributed by atoms with Crippen LogP contribution in [0.3, 0.4) is 0 Å². The molecule has 264 valence electrons. The molecule has 3 saturated heterocycles. The number of amides is 3. The van der Waals surface area contributed by atoms with Crippen LogP contribution in [-0.4, -0.2) is 107 Å². The number of nitrogens with one attached hydrogen (secondary N) is 1. The van der Waals surface area contributed by atoms with E-state index in [-0.39, 0.29) is 48.7 Å². The summed E-state index contributed by atoms with van der Waals surface area (Å²) in [5.41, 5.74) is -0.590. The molecule has 1 aromatic carbocycles. The summed E-state index contributed by atoms with van der Waals surface area (Å²) < 4.78 is 18.4. The largest absolute Gasteiger partial charge is 0.455 e. The number of fused-ring (bicyclic) bond motifs is 1. The fraction of sp³-hybridized carbons (Fsp3) is 0.611. The van der Waals surface area contributed by atoms with Gasteiger partial charge in [-0.05, 0) is 37.7 Å². The van der Waals surface area contributed by atoms with Crippen LogP contribution in [0.5, 0.6) is 0 Å². The normalized spacial score (nSPS) is 26.9. The predicted octanol–water partition coefficient (Wildman–Crippen LogP) is 3.70. The molecule has 48 heavy (non-hydrogen) atoms. The van der Waals surface area contributed by atoms with Crippen molar-refractivity contribution in [2.75, 3.05) is 40.0 Å². The van der Waals surface area contributed by atoms with E-state index in [2.05, 4.69) is 34.4 Å². The first-order valence-electron chi connectivity index (χ1n) is 17.0. The lowest BCUT2D eigenvalue weighted by Gasteiger charge is -2.37. The molecule has 1 unspecified atom stereocenters. The highest BCUT2D eigenvalue weighted by Crippen LogP contribution is 2.60. The molecule has 3 aliphatic heterocycles. The molecule has 0 saturated carbocycles. The average Bonchev–Trinajstić information content (AvgIpc) is 3.67. The topological polar surface area (TPSA) is 135 Å². The number of esters is 1. The summed E-state index contributed by atoms with van der Waals surface area (Å²) >= 11 is 3.73. The monoisotopic (exact) mass is 731 g/mol. The lowest BCUT2D eigenvalue weighted by molar-refractivity contribution is -0.163. The van der Waals surface area contributed by atoms with Crippen molar-refractivity contribution in [2.45, 2.75) is 86.6 Å². The Hall–Kier alpha value is -3.06. The lowest BCUT2D eigenvalue weighted by Crippen LogP contribution is -2.57. The van der Waals surface area contributed by atoms with E-state index in [4.69, 9.17) is 14.2 Å². The molecule has 8 atom stereocenters. The van der Waals surface area contributed by atoms with Crippen LogP contribution in [-0.2, 0) is 33.4 Å². The summed E-state index contributed by atoms with van der Waals surface area (Å²) in [4.78, 5) is 59.1. The number of carbonyl (C=O) groups excluding carboxylic acids is 4. The van der Waals surface area contributed by atoms with Gasteiger partial charge in [-0.2, -0.15) is 0 Å². The van der Waals surface area contributed by atoms with Gasteiger partial charge in [0, 0.05) is 44.6 Å². The van der Waals surface area contributed by atoms with Crippen LogP contribution in [0, 0.1) is 11.8 Å². The molecular weight excluding hydrogens is 682 g/mol. The van der Waals surface area contributed by atoms with Gasteiger partial charge in [-0.3, -0.25) is 19.2 Å². The summed E-state index contributed by atoms with van der Waals surface area (Å²) in [5.74, 6) is -3.38. The molecule has 2 bridgehead atoms. The van der Waals surface area contributed by atoms with Gasteiger partial charge in [0.2, 0.25) is 17.7 Å². The fourth-order valence-corrected chi connectivity index (χ4v) is 8.35. The lowest BCUT2D eigenvalue weighted by atomic mass is 9.70. The minimum atomic E-state index is -1.24. The number of nitrogens with zero attached hydrogens (tertiary/aromatic N) is 2. The van der Waals surface area contributed by atoms with Crippen molar-refractivity contribution in [3.63, 3.8) is 0 Å². The highest BCUT2D eigenvalue weighted by molar-refractivity contribution is 9.09. The van der Waals surface area contributed by atoms with E-state index in [1.54, 1.807) is 22.0 Å². The minimum absolute atomic E-state index is 0.0427. The average molecular weight is 733 g/mol. The third kappa shape index (κ3) is 7.87. The number of aliphatic hydroxyl groups excluding tert-OH is 1. The Kier molecular flexibility index (Phi) is 13.8. The van der Waals surface area contributed by atoms with Gasteiger partial charge in [0.25, 0.3) is 0 Å². The van der Waals surface area contributed by atoms with Gasteiger partial charge in [-0.1, -0.05) is 71.8 Å². The molecule has 3 heterocycles. The molecule has 1 spiro atoms. The van der Waals surface area contributed by atoms with Crippen LogP contribution in [0.2, 0.25) is 0 Å². The zero-order chi connectivity index (χ0) is 34.8. The number of hydrogen-bond donors (Lipinski definition) is 2. The number of ether oxygens (including phenoxy) is 3. The number of unbranched alkanes of at least 4 members (excludes halogenated alkanes) is 2. The smallest absolute Gasteiger partial charge is 0.313 e. The number of benzene rings is 1. The molecule has 11 nitrogen and oxygen atoms in total. The molecule has 0 radical (unpaired) electrons. The molecule has 3 amide bonds. The van der Waals surface area contributed by atoms with Crippen molar-refractivity contribution in [3.8, 4) is 0 Å². The number of aliphatic hydroxyl groups is 1. The second-order valence-electron chi connectivity index (χ2n) is 12.8. The molecule has 1 aromatic rings. The maximum Gasteiger partial charge on any atom is 0.313 e.